The summed E-state index contributed by atoms with van der Waals surface area (Å²) in [5.41, 5.74) is 0. The van der Waals surface area contributed by atoms with Crippen LogP contribution in [0.2, 0.25) is 0 Å². The normalized spacial score (nSPS) is 15.4. The van der Waals surface area contributed by atoms with Gasteiger partial charge in [-0.05, 0) is 0 Å². The zero-order valence-electron chi connectivity index (χ0n) is 4.59. The molecule has 0 aliphatic heterocycles. The lowest BCUT2D eigenvalue weighted by molar-refractivity contribution is -0.127. The predicted molar refractivity (Wildman–Crippen MR) is 20.7 cm³/mol. The van der Waals surface area contributed by atoms with Gasteiger partial charge in [0.2, 0.25) is 0 Å². The molecule has 0 unspecified atom stereocenters. The monoisotopic (exact) mass is 183 g/mol. The van der Waals surface area contributed by atoms with Crippen LogP contribution in [0.3, 0.4) is 0 Å². The summed E-state index contributed by atoms with van der Waals surface area (Å²) < 4.78 is 77.0. The Morgan fingerprint density at radius 1 is 0.909 bits per heavy atom. The highest BCUT2D eigenvalue weighted by Crippen LogP contribution is 2.24. The zero-order chi connectivity index (χ0) is 9.28. The topological polar surface area (TPSA) is 12.4 Å². The summed E-state index contributed by atoms with van der Waals surface area (Å²) in [6.07, 6.45) is -11.2. The second kappa shape index (κ2) is 2.67. The highest BCUT2D eigenvalue weighted by Gasteiger charge is 2.41. The van der Waals surface area contributed by atoms with Crippen molar-refractivity contribution >= 4 is 5.97 Å². The van der Waals surface area contributed by atoms with Crippen LogP contribution in [-0.4, -0.2) is 18.4 Å². The van der Waals surface area contributed by atoms with Gasteiger partial charge in [-0.1, -0.05) is 0 Å². The van der Waals surface area contributed by atoms with Crippen molar-refractivity contribution in [2.24, 2.45) is 4.99 Å². The highest BCUT2D eigenvalue weighted by molar-refractivity contribution is 5.80. The second-order valence-electron chi connectivity index (χ2n) is 1.37. The molecule has 11 heavy (non-hydrogen) atoms. The van der Waals surface area contributed by atoms with E-state index in [1.807, 2.05) is 0 Å². The molecule has 0 atom stereocenters. The van der Waals surface area contributed by atoms with Crippen LogP contribution in [0.15, 0.2) is 4.99 Å². The molecule has 0 aromatic heterocycles. The minimum absolute atomic E-state index is 0.806. The van der Waals surface area contributed by atoms with Crippen LogP contribution in [-0.2, 0) is 0 Å². The largest absolute Gasteiger partial charge is 0.505 e. The van der Waals surface area contributed by atoms with Gasteiger partial charge < -0.3 is 0 Å². The van der Waals surface area contributed by atoms with E-state index in [0.29, 0.717) is 0 Å². The number of alkyl halides is 6. The van der Waals surface area contributed by atoms with Crippen LogP contribution in [0.1, 0.15) is 0 Å². The maximum absolute atomic E-state index is 11.3. The smallest absolute Gasteiger partial charge is 0.180 e. The zero-order valence-corrected chi connectivity index (χ0v) is 4.59. The Bertz CT molecular complexity index is 162. The first-order chi connectivity index (χ1) is 4.63. The Balaban J connectivity index is 4.49. The summed E-state index contributed by atoms with van der Waals surface area (Å²) in [4.78, 5) is 0.806. The van der Waals surface area contributed by atoms with Gasteiger partial charge >= 0.3 is 12.5 Å². The summed E-state index contributed by atoms with van der Waals surface area (Å²) in [7, 11) is 0. The molecule has 0 spiro atoms. The average Bonchev–Trinajstić information content (AvgIpc) is 1.56. The van der Waals surface area contributed by atoms with Crippen molar-refractivity contribution in [3.8, 4) is 0 Å². The number of hydrogen-bond acceptors (Lipinski definition) is 1. The molecular formula is C3F7N. The average molecular weight is 183 g/mol. The summed E-state index contributed by atoms with van der Waals surface area (Å²) in [6, 6.07) is 0. The Labute approximate surface area is 55.5 Å². The van der Waals surface area contributed by atoms with Crippen LogP contribution in [0, 0.1) is 0 Å². The Kier molecular flexibility index (Phi) is 2.47. The summed E-state index contributed by atoms with van der Waals surface area (Å²) in [5, 5.41) is 0. The number of nitrogens with zero attached hydrogens (tertiary/aromatic N) is 1. The Morgan fingerprint density at radius 3 is 1.36 bits per heavy atom. The first kappa shape index (κ1) is 10.2. The standard InChI is InChI=1S/C3F7N/c4-1(2(5,6)7)11-3(8,9)10/b11-1-. The van der Waals surface area contributed by atoms with Crippen molar-refractivity contribution in [3.05, 3.63) is 0 Å². The van der Waals surface area contributed by atoms with Crippen molar-refractivity contribution in [2.75, 3.05) is 0 Å². The molecule has 0 amide bonds. The molecule has 0 aromatic rings. The van der Waals surface area contributed by atoms with Gasteiger partial charge in [0.05, 0.1) is 0 Å². The molecule has 0 heterocycles. The number of halogens is 7. The molecule has 0 saturated carbocycles. The van der Waals surface area contributed by atoms with E-state index in [0.717, 1.165) is 4.99 Å². The number of aliphatic imine (C=N–C) groups is 1. The molecule has 0 radical (unpaired) electrons. The van der Waals surface area contributed by atoms with Crippen molar-refractivity contribution in [2.45, 2.75) is 12.5 Å². The highest BCUT2D eigenvalue weighted by atomic mass is 19.4. The molecule has 0 aliphatic rings. The summed E-state index contributed by atoms with van der Waals surface area (Å²) >= 11 is 0. The summed E-state index contributed by atoms with van der Waals surface area (Å²) in [5.74, 6) is -3.40. The number of hydrogen-bond donors (Lipinski definition) is 0. The van der Waals surface area contributed by atoms with Gasteiger partial charge in [-0.2, -0.15) is 22.6 Å². The first-order valence-electron chi connectivity index (χ1n) is 2.02. The molecule has 0 aromatic carbocycles. The number of rotatable bonds is 0. The first-order valence-corrected chi connectivity index (χ1v) is 2.02. The molecule has 66 valence electrons. The van der Waals surface area contributed by atoms with Crippen LogP contribution >= 0.6 is 0 Å². The third kappa shape index (κ3) is 4.57. The third-order valence-electron chi connectivity index (χ3n) is 0.459. The fourth-order valence-electron chi connectivity index (χ4n) is 0.175. The van der Waals surface area contributed by atoms with E-state index in [9.17, 15) is 30.7 Å². The molecule has 0 N–H and O–H groups in total. The minimum Gasteiger partial charge on any atom is -0.180 e. The van der Waals surface area contributed by atoms with Crippen molar-refractivity contribution in [1.82, 2.24) is 0 Å². The molecule has 0 bridgehead atoms. The molecule has 0 saturated heterocycles. The van der Waals surface area contributed by atoms with Crippen molar-refractivity contribution < 1.29 is 30.7 Å². The van der Waals surface area contributed by atoms with E-state index < -0.39 is 18.4 Å². The van der Waals surface area contributed by atoms with Gasteiger partial charge in [0.25, 0.3) is 5.97 Å². The van der Waals surface area contributed by atoms with E-state index in [1.54, 1.807) is 0 Å². The lowest BCUT2D eigenvalue weighted by Gasteiger charge is -2.02. The van der Waals surface area contributed by atoms with Crippen molar-refractivity contribution in [3.63, 3.8) is 0 Å². The van der Waals surface area contributed by atoms with Gasteiger partial charge in [-0.25, -0.2) is 0 Å². The maximum atomic E-state index is 11.3. The molecule has 0 aliphatic carbocycles. The molecule has 0 fully saturated rings. The fraction of sp³-hybridized carbons (Fsp3) is 0.667. The fourth-order valence-corrected chi connectivity index (χ4v) is 0.175. The van der Waals surface area contributed by atoms with Gasteiger partial charge in [-0.15, -0.1) is 13.2 Å². The minimum atomic E-state index is -5.67. The Morgan fingerprint density at radius 2 is 1.27 bits per heavy atom. The van der Waals surface area contributed by atoms with E-state index in [4.69, 9.17) is 0 Å². The quantitative estimate of drug-likeness (QED) is 0.310. The van der Waals surface area contributed by atoms with E-state index in [2.05, 4.69) is 0 Å². The molecule has 8 heteroatoms. The van der Waals surface area contributed by atoms with Gasteiger partial charge in [0, 0.05) is 0 Å². The van der Waals surface area contributed by atoms with Gasteiger partial charge in [0.1, 0.15) is 0 Å². The van der Waals surface area contributed by atoms with E-state index >= 15 is 0 Å². The molecule has 1 nitrogen and oxygen atoms in total. The Hall–Kier alpha value is -0.820. The summed E-state index contributed by atoms with van der Waals surface area (Å²) in [6.45, 7) is 0. The lowest BCUT2D eigenvalue weighted by atomic mass is 10.7. The SMILES string of the molecule is F/C(=N\C(F)(F)F)C(F)(F)F. The van der Waals surface area contributed by atoms with Crippen LogP contribution in [0.25, 0.3) is 0 Å². The van der Waals surface area contributed by atoms with E-state index in [-0.39, 0.29) is 0 Å². The third-order valence-corrected chi connectivity index (χ3v) is 0.459. The maximum Gasteiger partial charge on any atom is 0.505 e. The molecule has 0 rings (SSSR count). The van der Waals surface area contributed by atoms with Gasteiger partial charge in [0.15, 0.2) is 0 Å². The van der Waals surface area contributed by atoms with Gasteiger partial charge in [-0.3, -0.25) is 0 Å². The van der Waals surface area contributed by atoms with Crippen molar-refractivity contribution in [1.29, 1.82) is 0 Å². The van der Waals surface area contributed by atoms with Crippen LogP contribution in [0.4, 0.5) is 30.7 Å². The molecular weight excluding hydrogens is 183 g/mol. The van der Waals surface area contributed by atoms with Crippen LogP contribution in [0.5, 0.6) is 0 Å². The predicted octanol–water partition coefficient (Wildman–Crippen LogP) is 2.44. The van der Waals surface area contributed by atoms with Crippen LogP contribution < -0.4 is 0 Å². The van der Waals surface area contributed by atoms with E-state index in [1.165, 1.54) is 0 Å². The lowest BCUT2D eigenvalue weighted by Crippen LogP contribution is -2.21. The second-order valence-corrected chi connectivity index (χ2v) is 1.37.